The van der Waals surface area contributed by atoms with Crippen LogP contribution in [0.2, 0.25) is 0 Å². The van der Waals surface area contributed by atoms with Gasteiger partial charge in [0, 0.05) is 15.0 Å². The van der Waals surface area contributed by atoms with Gasteiger partial charge < -0.3 is 10.1 Å². The molecule has 2 aromatic rings. The standard InChI is InChI=1S/C14H9Br3FNO2/c1-21-12-6-11(8(16)5-9(12)17)19-14(20)13-7(15)3-2-4-10(13)18/h2-6H,1H3,(H,19,20). The van der Waals surface area contributed by atoms with Crippen LogP contribution in [0.1, 0.15) is 10.4 Å². The van der Waals surface area contributed by atoms with Gasteiger partial charge in [0.1, 0.15) is 11.6 Å². The third-order valence-electron chi connectivity index (χ3n) is 2.68. The van der Waals surface area contributed by atoms with Gasteiger partial charge in [0.2, 0.25) is 0 Å². The van der Waals surface area contributed by atoms with Crippen LogP contribution in [-0.4, -0.2) is 13.0 Å². The molecule has 0 saturated carbocycles. The maximum Gasteiger partial charge on any atom is 0.259 e. The van der Waals surface area contributed by atoms with E-state index < -0.39 is 11.7 Å². The lowest BCUT2D eigenvalue weighted by molar-refractivity contribution is 0.102. The number of ether oxygens (including phenoxy) is 1. The highest BCUT2D eigenvalue weighted by Crippen LogP contribution is 2.35. The topological polar surface area (TPSA) is 38.3 Å². The summed E-state index contributed by atoms with van der Waals surface area (Å²) < 4.78 is 20.7. The van der Waals surface area contributed by atoms with Gasteiger partial charge in [0.05, 0.1) is 22.8 Å². The number of rotatable bonds is 3. The Balaban J connectivity index is 2.36. The molecule has 1 amide bonds. The van der Waals surface area contributed by atoms with Crippen molar-refractivity contribution in [2.75, 3.05) is 12.4 Å². The summed E-state index contributed by atoms with van der Waals surface area (Å²) in [5.41, 5.74) is 0.432. The molecule has 21 heavy (non-hydrogen) atoms. The lowest BCUT2D eigenvalue weighted by Crippen LogP contribution is -2.15. The summed E-state index contributed by atoms with van der Waals surface area (Å²) in [4.78, 5) is 12.2. The van der Waals surface area contributed by atoms with Crippen molar-refractivity contribution in [3.05, 3.63) is 55.1 Å². The third kappa shape index (κ3) is 3.64. The molecule has 0 unspecified atom stereocenters. The minimum atomic E-state index is -0.595. The molecule has 0 spiro atoms. The first-order valence-electron chi connectivity index (χ1n) is 5.72. The van der Waals surface area contributed by atoms with E-state index in [1.807, 2.05) is 0 Å². The van der Waals surface area contributed by atoms with E-state index in [2.05, 4.69) is 53.1 Å². The van der Waals surface area contributed by atoms with Crippen LogP contribution in [0.15, 0.2) is 43.7 Å². The molecule has 0 aliphatic rings. The van der Waals surface area contributed by atoms with Gasteiger partial charge in [-0.15, -0.1) is 0 Å². The zero-order valence-electron chi connectivity index (χ0n) is 10.7. The van der Waals surface area contributed by atoms with Gasteiger partial charge in [0.25, 0.3) is 5.91 Å². The zero-order chi connectivity index (χ0) is 15.6. The summed E-state index contributed by atoms with van der Waals surface area (Å²) in [6.45, 7) is 0. The number of methoxy groups -OCH3 is 1. The molecular weight excluding hydrogens is 473 g/mol. The lowest BCUT2D eigenvalue weighted by atomic mass is 10.2. The van der Waals surface area contributed by atoms with Gasteiger partial charge in [-0.3, -0.25) is 4.79 Å². The maximum atomic E-state index is 13.8. The largest absolute Gasteiger partial charge is 0.495 e. The average molecular weight is 482 g/mol. The van der Waals surface area contributed by atoms with Crippen LogP contribution in [0.4, 0.5) is 10.1 Å². The van der Waals surface area contributed by atoms with E-state index in [9.17, 15) is 9.18 Å². The number of hydrogen-bond acceptors (Lipinski definition) is 2. The van der Waals surface area contributed by atoms with E-state index in [1.165, 1.54) is 19.2 Å². The SMILES string of the molecule is COc1cc(NC(=O)c2c(F)cccc2Br)c(Br)cc1Br. The van der Waals surface area contributed by atoms with Crippen molar-refractivity contribution in [2.45, 2.75) is 0 Å². The normalized spacial score (nSPS) is 10.3. The maximum absolute atomic E-state index is 13.8. The summed E-state index contributed by atoms with van der Waals surface area (Å²) in [7, 11) is 1.52. The second-order valence-electron chi connectivity index (χ2n) is 4.02. The predicted molar refractivity (Wildman–Crippen MR) is 90.4 cm³/mol. The molecule has 7 heteroatoms. The van der Waals surface area contributed by atoms with Crippen LogP contribution in [0.5, 0.6) is 5.75 Å². The van der Waals surface area contributed by atoms with Crippen LogP contribution >= 0.6 is 47.8 Å². The molecule has 2 aromatic carbocycles. The molecule has 0 aliphatic heterocycles. The molecule has 110 valence electrons. The van der Waals surface area contributed by atoms with Crippen molar-refractivity contribution in [3.8, 4) is 5.75 Å². The van der Waals surface area contributed by atoms with E-state index in [-0.39, 0.29) is 5.56 Å². The van der Waals surface area contributed by atoms with Crippen molar-refractivity contribution in [2.24, 2.45) is 0 Å². The Labute approximate surface area is 146 Å². The molecule has 0 aromatic heterocycles. The third-order valence-corrected chi connectivity index (χ3v) is 4.62. The van der Waals surface area contributed by atoms with Gasteiger partial charge in [0.15, 0.2) is 0 Å². The summed E-state index contributed by atoms with van der Waals surface area (Å²) in [5, 5.41) is 2.65. The molecular formula is C14H9Br3FNO2. The van der Waals surface area contributed by atoms with Gasteiger partial charge in [-0.25, -0.2) is 4.39 Å². The molecule has 1 N–H and O–H groups in total. The van der Waals surface area contributed by atoms with Crippen LogP contribution in [-0.2, 0) is 0 Å². The van der Waals surface area contributed by atoms with Crippen LogP contribution in [0, 0.1) is 5.82 Å². The minimum Gasteiger partial charge on any atom is -0.495 e. The molecule has 3 nitrogen and oxygen atoms in total. The van der Waals surface area contributed by atoms with Gasteiger partial charge in [-0.1, -0.05) is 6.07 Å². The van der Waals surface area contributed by atoms with E-state index in [0.717, 1.165) is 4.47 Å². The predicted octanol–water partition coefficient (Wildman–Crippen LogP) is 5.37. The number of halogens is 4. The lowest BCUT2D eigenvalue weighted by Gasteiger charge is -2.12. The summed E-state index contributed by atoms with van der Waals surface area (Å²) >= 11 is 9.86. The fourth-order valence-corrected chi connectivity index (χ4v) is 3.46. The highest BCUT2D eigenvalue weighted by Gasteiger charge is 2.17. The Hall–Kier alpha value is -0.920. The number of hydrogen-bond donors (Lipinski definition) is 1. The fraction of sp³-hybridized carbons (Fsp3) is 0.0714. The molecule has 0 bridgehead atoms. The minimum absolute atomic E-state index is 0.0497. The summed E-state index contributed by atoms with van der Waals surface area (Å²) in [6.07, 6.45) is 0. The van der Waals surface area contributed by atoms with E-state index >= 15 is 0 Å². The summed E-state index contributed by atoms with van der Waals surface area (Å²) in [6, 6.07) is 7.74. The number of carbonyl (C=O) groups is 1. The first kappa shape index (κ1) is 16.5. The van der Waals surface area contributed by atoms with Crippen molar-refractivity contribution < 1.29 is 13.9 Å². The highest BCUT2D eigenvalue weighted by atomic mass is 79.9. The zero-order valence-corrected chi connectivity index (χ0v) is 15.5. The number of carbonyl (C=O) groups excluding carboxylic acids is 1. The van der Waals surface area contributed by atoms with Crippen molar-refractivity contribution in [3.63, 3.8) is 0 Å². The van der Waals surface area contributed by atoms with Crippen molar-refractivity contribution >= 4 is 59.4 Å². The first-order chi connectivity index (χ1) is 9.93. The van der Waals surface area contributed by atoms with Gasteiger partial charge in [-0.05, 0) is 66.0 Å². The molecule has 0 fully saturated rings. The Morgan fingerprint density at radius 3 is 2.48 bits per heavy atom. The molecule has 0 radical (unpaired) electrons. The Kier molecular flexibility index (Phi) is 5.40. The van der Waals surface area contributed by atoms with Crippen LogP contribution < -0.4 is 10.1 Å². The second-order valence-corrected chi connectivity index (χ2v) is 6.58. The summed E-state index contributed by atoms with van der Waals surface area (Å²) in [5.74, 6) is -0.590. The van der Waals surface area contributed by atoms with Crippen molar-refractivity contribution in [1.29, 1.82) is 0 Å². The quantitative estimate of drug-likeness (QED) is 0.639. The van der Waals surface area contributed by atoms with Gasteiger partial charge >= 0.3 is 0 Å². The number of nitrogens with one attached hydrogen (secondary N) is 1. The highest BCUT2D eigenvalue weighted by molar-refractivity contribution is 9.11. The molecule has 0 aliphatic carbocycles. The molecule has 0 atom stereocenters. The van der Waals surface area contributed by atoms with Crippen LogP contribution in [0.25, 0.3) is 0 Å². The average Bonchev–Trinajstić information content (AvgIpc) is 2.41. The molecule has 2 rings (SSSR count). The number of benzene rings is 2. The Bertz CT molecular complexity index is 687. The Morgan fingerprint density at radius 1 is 1.14 bits per heavy atom. The first-order valence-corrected chi connectivity index (χ1v) is 8.10. The Morgan fingerprint density at radius 2 is 1.86 bits per heavy atom. The number of amides is 1. The molecule has 0 saturated heterocycles. The smallest absolute Gasteiger partial charge is 0.259 e. The van der Waals surface area contributed by atoms with Gasteiger partial charge in [-0.2, -0.15) is 0 Å². The monoisotopic (exact) mass is 479 g/mol. The van der Waals surface area contributed by atoms with E-state index in [4.69, 9.17) is 4.74 Å². The van der Waals surface area contributed by atoms with Crippen molar-refractivity contribution in [1.82, 2.24) is 0 Å². The van der Waals surface area contributed by atoms with E-state index in [0.29, 0.717) is 20.4 Å². The fourth-order valence-electron chi connectivity index (χ4n) is 1.68. The molecule has 0 heterocycles. The number of anilines is 1. The second kappa shape index (κ2) is 6.89. The van der Waals surface area contributed by atoms with E-state index in [1.54, 1.807) is 18.2 Å². The van der Waals surface area contributed by atoms with Crippen LogP contribution in [0.3, 0.4) is 0 Å².